The summed E-state index contributed by atoms with van der Waals surface area (Å²) in [7, 11) is 0. The maximum absolute atomic E-state index is 12.2. The van der Waals surface area contributed by atoms with Crippen LogP contribution >= 0.6 is 43.5 Å². The Balaban J connectivity index is 2.33. The van der Waals surface area contributed by atoms with Crippen molar-refractivity contribution in [1.29, 1.82) is 0 Å². The Morgan fingerprint density at radius 1 is 1.24 bits per heavy atom. The number of benzene rings is 2. The molecule has 0 spiro atoms. The zero-order chi connectivity index (χ0) is 15.6. The summed E-state index contributed by atoms with van der Waals surface area (Å²) in [6.07, 6.45) is 0. The molecule has 8 heteroatoms. The van der Waals surface area contributed by atoms with Crippen LogP contribution in [0.3, 0.4) is 0 Å². The van der Waals surface area contributed by atoms with E-state index in [-0.39, 0.29) is 16.3 Å². The number of nitro benzene ring substituents is 1. The number of amides is 1. The summed E-state index contributed by atoms with van der Waals surface area (Å²) in [6, 6.07) is 9.30. The maximum atomic E-state index is 12.2. The minimum atomic E-state index is -0.630. The molecule has 0 radical (unpaired) electrons. The highest BCUT2D eigenvalue weighted by atomic mass is 79.9. The molecule has 2 aromatic carbocycles. The topological polar surface area (TPSA) is 72.2 Å². The molecule has 21 heavy (non-hydrogen) atoms. The van der Waals surface area contributed by atoms with E-state index in [0.29, 0.717) is 10.2 Å². The van der Waals surface area contributed by atoms with E-state index in [1.165, 1.54) is 18.2 Å². The third-order valence-electron chi connectivity index (χ3n) is 2.60. The van der Waals surface area contributed by atoms with Gasteiger partial charge in [0.2, 0.25) is 0 Å². The van der Waals surface area contributed by atoms with Gasteiger partial charge in [-0.3, -0.25) is 14.9 Å². The van der Waals surface area contributed by atoms with Crippen LogP contribution in [0.15, 0.2) is 45.3 Å². The summed E-state index contributed by atoms with van der Waals surface area (Å²) >= 11 is 12.5. The molecule has 0 aliphatic heterocycles. The first-order valence-corrected chi connectivity index (χ1v) is 7.56. The van der Waals surface area contributed by atoms with Crippen LogP contribution in [-0.4, -0.2) is 10.8 Å². The second-order valence-electron chi connectivity index (χ2n) is 3.97. The molecule has 0 saturated carbocycles. The molecule has 2 rings (SSSR count). The Bertz CT molecular complexity index is 737. The van der Waals surface area contributed by atoms with Crippen LogP contribution in [-0.2, 0) is 0 Å². The number of rotatable bonds is 3. The number of nitrogens with one attached hydrogen (secondary N) is 1. The van der Waals surface area contributed by atoms with Crippen molar-refractivity contribution in [1.82, 2.24) is 0 Å². The maximum Gasteiger partial charge on any atom is 0.288 e. The number of hydrogen-bond acceptors (Lipinski definition) is 3. The van der Waals surface area contributed by atoms with E-state index in [0.717, 1.165) is 4.47 Å². The first-order chi connectivity index (χ1) is 9.90. The molecule has 0 unspecified atom stereocenters. The summed E-state index contributed by atoms with van der Waals surface area (Å²) in [5.74, 6) is -0.522. The van der Waals surface area contributed by atoms with Gasteiger partial charge in [-0.15, -0.1) is 0 Å². The number of nitro groups is 1. The number of carbonyl (C=O) groups is 1. The summed E-state index contributed by atoms with van der Waals surface area (Å²) in [6.45, 7) is 0. The van der Waals surface area contributed by atoms with Crippen molar-refractivity contribution >= 4 is 60.7 Å². The number of anilines is 1. The lowest BCUT2D eigenvalue weighted by Gasteiger charge is -2.09. The van der Waals surface area contributed by atoms with Gasteiger partial charge >= 0.3 is 0 Å². The second-order valence-corrected chi connectivity index (χ2v) is 6.12. The second kappa shape index (κ2) is 6.55. The summed E-state index contributed by atoms with van der Waals surface area (Å²) in [5, 5.41) is 13.3. The fourth-order valence-electron chi connectivity index (χ4n) is 1.62. The lowest BCUT2D eigenvalue weighted by molar-refractivity contribution is -0.384. The Morgan fingerprint density at radius 3 is 2.57 bits per heavy atom. The molecule has 0 aliphatic rings. The molecule has 0 aliphatic carbocycles. The van der Waals surface area contributed by atoms with E-state index < -0.39 is 10.8 Å². The van der Waals surface area contributed by atoms with Gasteiger partial charge in [-0.05, 0) is 40.2 Å². The Labute approximate surface area is 141 Å². The zero-order valence-corrected chi connectivity index (χ0v) is 14.2. The van der Waals surface area contributed by atoms with Gasteiger partial charge in [0.1, 0.15) is 5.02 Å². The van der Waals surface area contributed by atoms with E-state index in [4.69, 9.17) is 11.6 Å². The molecule has 0 fully saturated rings. The molecule has 5 nitrogen and oxygen atoms in total. The minimum Gasteiger partial charge on any atom is -0.321 e. The van der Waals surface area contributed by atoms with Crippen molar-refractivity contribution in [3.8, 4) is 0 Å². The van der Waals surface area contributed by atoms with E-state index in [1.807, 2.05) is 0 Å². The quantitative estimate of drug-likeness (QED) is 0.544. The Kier molecular flexibility index (Phi) is 4.97. The SMILES string of the molecule is O=C(Nc1ccc(Br)cc1Br)c1cccc([N+](=O)[O-])c1Cl. The van der Waals surface area contributed by atoms with Crippen molar-refractivity contribution in [2.75, 3.05) is 5.32 Å². The lowest BCUT2D eigenvalue weighted by atomic mass is 10.2. The molecule has 2 aromatic rings. The standard InChI is InChI=1S/C13H7Br2ClN2O3/c14-7-4-5-10(9(15)6-7)17-13(19)8-2-1-3-11(12(8)16)18(20)21/h1-6H,(H,17,19). The first kappa shape index (κ1) is 15.9. The lowest BCUT2D eigenvalue weighted by Crippen LogP contribution is -2.13. The van der Waals surface area contributed by atoms with Crippen LogP contribution in [0.4, 0.5) is 11.4 Å². The van der Waals surface area contributed by atoms with Crippen molar-refractivity contribution in [2.45, 2.75) is 0 Å². The van der Waals surface area contributed by atoms with E-state index in [1.54, 1.807) is 18.2 Å². The summed E-state index contributed by atoms with van der Waals surface area (Å²) in [4.78, 5) is 22.4. The highest BCUT2D eigenvalue weighted by Gasteiger charge is 2.20. The molecule has 0 bridgehead atoms. The van der Waals surface area contributed by atoms with Gasteiger partial charge in [-0.1, -0.05) is 33.6 Å². The van der Waals surface area contributed by atoms with Crippen LogP contribution in [0.25, 0.3) is 0 Å². The van der Waals surface area contributed by atoms with Gasteiger partial charge in [-0.25, -0.2) is 0 Å². The van der Waals surface area contributed by atoms with Crippen molar-refractivity contribution in [3.05, 3.63) is 66.0 Å². The monoisotopic (exact) mass is 432 g/mol. The van der Waals surface area contributed by atoms with Crippen LogP contribution in [0.2, 0.25) is 5.02 Å². The third kappa shape index (κ3) is 3.61. The molecular weight excluding hydrogens is 427 g/mol. The molecule has 1 N–H and O–H groups in total. The van der Waals surface area contributed by atoms with Gasteiger partial charge in [0.05, 0.1) is 16.2 Å². The molecule has 1 amide bonds. The molecule has 0 atom stereocenters. The van der Waals surface area contributed by atoms with Crippen LogP contribution in [0.5, 0.6) is 0 Å². The zero-order valence-electron chi connectivity index (χ0n) is 10.3. The van der Waals surface area contributed by atoms with Gasteiger partial charge in [-0.2, -0.15) is 0 Å². The fourth-order valence-corrected chi connectivity index (χ4v) is 3.04. The fraction of sp³-hybridized carbons (Fsp3) is 0. The van der Waals surface area contributed by atoms with Crippen molar-refractivity contribution in [3.63, 3.8) is 0 Å². The average molecular weight is 434 g/mol. The molecule has 0 saturated heterocycles. The number of hydrogen-bond donors (Lipinski definition) is 1. The van der Waals surface area contributed by atoms with Gasteiger partial charge in [0.25, 0.3) is 11.6 Å². The van der Waals surface area contributed by atoms with Crippen LogP contribution in [0.1, 0.15) is 10.4 Å². The summed E-state index contributed by atoms with van der Waals surface area (Å²) < 4.78 is 1.52. The van der Waals surface area contributed by atoms with E-state index >= 15 is 0 Å². The molecular formula is C13H7Br2ClN2O3. The van der Waals surface area contributed by atoms with Gasteiger partial charge in [0.15, 0.2) is 0 Å². The molecule has 0 aromatic heterocycles. The van der Waals surface area contributed by atoms with Crippen LogP contribution in [0, 0.1) is 10.1 Å². The number of halogens is 3. The smallest absolute Gasteiger partial charge is 0.288 e. The highest BCUT2D eigenvalue weighted by molar-refractivity contribution is 9.11. The van der Waals surface area contributed by atoms with Gasteiger partial charge in [0, 0.05) is 15.0 Å². The third-order valence-corrected chi connectivity index (χ3v) is 4.15. The van der Waals surface area contributed by atoms with E-state index in [9.17, 15) is 14.9 Å². The number of nitrogens with zero attached hydrogens (tertiary/aromatic N) is 1. The highest BCUT2D eigenvalue weighted by Crippen LogP contribution is 2.30. The number of carbonyl (C=O) groups excluding carboxylic acids is 1. The van der Waals surface area contributed by atoms with Crippen LogP contribution < -0.4 is 5.32 Å². The Morgan fingerprint density at radius 2 is 1.95 bits per heavy atom. The largest absolute Gasteiger partial charge is 0.321 e. The molecule has 0 heterocycles. The predicted molar refractivity (Wildman–Crippen MR) is 87.9 cm³/mol. The Hall–Kier alpha value is -1.44. The van der Waals surface area contributed by atoms with Crippen molar-refractivity contribution in [2.24, 2.45) is 0 Å². The van der Waals surface area contributed by atoms with E-state index in [2.05, 4.69) is 37.2 Å². The average Bonchev–Trinajstić information content (AvgIpc) is 2.41. The van der Waals surface area contributed by atoms with Crippen molar-refractivity contribution < 1.29 is 9.72 Å². The minimum absolute atomic E-state index is 0.0423. The predicted octanol–water partition coefficient (Wildman–Crippen LogP) is 5.03. The molecule has 108 valence electrons. The summed E-state index contributed by atoms with van der Waals surface area (Å²) in [5.41, 5.74) is 0.269. The first-order valence-electron chi connectivity index (χ1n) is 5.59. The van der Waals surface area contributed by atoms with Gasteiger partial charge < -0.3 is 5.32 Å². The normalized spacial score (nSPS) is 10.2.